The minimum Gasteiger partial charge on any atom is -0.475 e. The molecular weight excluding hydrogens is 565 g/mol. The van der Waals surface area contributed by atoms with Gasteiger partial charge < -0.3 is 4.74 Å². The van der Waals surface area contributed by atoms with Crippen LogP contribution in [0.15, 0.2) is 132 Å². The van der Waals surface area contributed by atoms with Crippen LogP contribution < -0.4 is 15.9 Å². The lowest BCUT2D eigenvalue weighted by atomic mass is 9.71. The normalized spacial score (nSPS) is 22.2. The van der Waals surface area contributed by atoms with Gasteiger partial charge in [0.05, 0.1) is 0 Å². The van der Waals surface area contributed by atoms with Crippen LogP contribution in [0.1, 0.15) is 80.0 Å². The van der Waals surface area contributed by atoms with Crippen molar-refractivity contribution in [2.45, 2.75) is 62.8 Å². The first-order chi connectivity index (χ1) is 21.8. The molecule has 0 unspecified atom stereocenters. The first kappa shape index (κ1) is 28.5. The smallest absolute Gasteiger partial charge is 0.217 e. The molecule has 0 N–H and O–H groups in total. The maximum Gasteiger partial charge on any atom is 0.217 e. The number of benzene rings is 5. The fourth-order valence-electron chi connectivity index (χ4n) is 8.79. The average molecular weight is 606 g/mol. The SMILES string of the molecule is CC1(C)C[C@@]2(CC(C)(C)c3cccc(P(c4ccccc4)c4ccccc4)c32)c2c(C3=N[C@@H](c4ccccc4)CO3)cccc21. The summed E-state index contributed by atoms with van der Waals surface area (Å²) in [7, 11) is -0.771. The first-order valence-corrected chi connectivity index (χ1v) is 17.6. The van der Waals surface area contributed by atoms with Gasteiger partial charge in [0.25, 0.3) is 0 Å². The van der Waals surface area contributed by atoms with Crippen LogP contribution in [0.2, 0.25) is 0 Å². The third-order valence-corrected chi connectivity index (χ3v) is 12.8. The Morgan fingerprint density at radius 2 is 1.13 bits per heavy atom. The van der Waals surface area contributed by atoms with Crippen molar-refractivity contribution >= 4 is 29.7 Å². The highest BCUT2D eigenvalue weighted by Gasteiger charge is 2.58. The molecule has 0 fully saturated rings. The average Bonchev–Trinajstić information content (AvgIpc) is 3.70. The Kier molecular flexibility index (Phi) is 6.66. The van der Waals surface area contributed by atoms with Crippen LogP contribution in [0.5, 0.6) is 0 Å². The summed E-state index contributed by atoms with van der Waals surface area (Å²) in [6.07, 6.45) is 2.14. The van der Waals surface area contributed by atoms with E-state index in [0.29, 0.717) is 6.61 Å². The fraction of sp³-hybridized carbons (Fsp3) is 0.262. The summed E-state index contributed by atoms with van der Waals surface area (Å²) in [5.74, 6) is 0.801. The van der Waals surface area contributed by atoms with E-state index in [1.165, 1.54) is 43.7 Å². The Morgan fingerprint density at radius 3 is 1.73 bits per heavy atom. The third kappa shape index (κ3) is 4.52. The summed E-state index contributed by atoms with van der Waals surface area (Å²) in [6, 6.07) is 47.0. The number of aliphatic imine (C=N–C) groups is 1. The second-order valence-corrected chi connectivity index (χ2v) is 16.5. The van der Waals surface area contributed by atoms with Gasteiger partial charge in [0.2, 0.25) is 5.90 Å². The molecule has 0 saturated heterocycles. The van der Waals surface area contributed by atoms with Gasteiger partial charge in [0.1, 0.15) is 12.6 Å². The van der Waals surface area contributed by atoms with Crippen LogP contribution in [0.3, 0.4) is 0 Å². The second kappa shape index (κ2) is 10.5. The van der Waals surface area contributed by atoms with Gasteiger partial charge in [0, 0.05) is 11.0 Å². The zero-order chi connectivity index (χ0) is 30.8. The Morgan fingerprint density at radius 1 is 0.600 bits per heavy atom. The molecule has 3 heteroatoms. The maximum absolute atomic E-state index is 6.51. The van der Waals surface area contributed by atoms with Gasteiger partial charge in [-0.3, -0.25) is 0 Å². The summed E-state index contributed by atoms with van der Waals surface area (Å²) < 4.78 is 6.51. The highest BCUT2D eigenvalue weighted by atomic mass is 31.1. The van der Waals surface area contributed by atoms with Gasteiger partial charge in [-0.1, -0.05) is 149 Å². The molecule has 0 saturated carbocycles. The number of ether oxygens (including phenoxy) is 1. The van der Waals surface area contributed by atoms with E-state index < -0.39 is 7.92 Å². The van der Waals surface area contributed by atoms with Gasteiger partial charge >= 0.3 is 0 Å². The predicted octanol–water partition coefficient (Wildman–Crippen LogP) is 8.61. The molecule has 0 aromatic heterocycles. The highest BCUT2D eigenvalue weighted by Crippen LogP contribution is 2.64. The molecule has 1 heterocycles. The van der Waals surface area contributed by atoms with Crippen LogP contribution in [0.25, 0.3) is 0 Å². The number of nitrogens with zero attached hydrogens (tertiary/aromatic N) is 1. The Bertz CT molecular complexity index is 1870. The number of hydrogen-bond donors (Lipinski definition) is 0. The number of fused-ring (bicyclic) bond motifs is 4. The van der Waals surface area contributed by atoms with E-state index >= 15 is 0 Å². The summed E-state index contributed by atoms with van der Waals surface area (Å²) in [5.41, 5.74) is 8.20. The van der Waals surface area contributed by atoms with E-state index in [0.717, 1.165) is 18.7 Å². The molecule has 224 valence electrons. The molecule has 1 aliphatic heterocycles. The van der Waals surface area contributed by atoms with Crippen LogP contribution in [0, 0.1) is 0 Å². The summed E-state index contributed by atoms with van der Waals surface area (Å²) in [6.45, 7) is 10.4. The fourth-order valence-corrected chi connectivity index (χ4v) is 11.4. The first-order valence-electron chi connectivity index (χ1n) is 16.2. The largest absolute Gasteiger partial charge is 0.475 e. The monoisotopic (exact) mass is 605 g/mol. The third-order valence-electron chi connectivity index (χ3n) is 10.3. The molecule has 0 amide bonds. The zero-order valence-electron chi connectivity index (χ0n) is 26.6. The lowest BCUT2D eigenvalue weighted by Crippen LogP contribution is -2.34. The summed E-state index contributed by atoms with van der Waals surface area (Å²) in [4.78, 5) is 5.25. The Hall–Kier alpha value is -4.00. The van der Waals surface area contributed by atoms with Crippen molar-refractivity contribution in [3.8, 4) is 0 Å². The van der Waals surface area contributed by atoms with Crippen molar-refractivity contribution in [3.63, 3.8) is 0 Å². The predicted molar refractivity (Wildman–Crippen MR) is 189 cm³/mol. The van der Waals surface area contributed by atoms with Crippen molar-refractivity contribution in [1.82, 2.24) is 0 Å². The standard InChI is InChI=1S/C42H40NOP/c1-40(2)27-42(37-32(22-14-23-33(37)40)39-43-35(26-44-39)29-16-8-5-9-17-29)28-41(3,4)34-24-15-25-36(38(34)42)45(30-18-10-6-11-19-30)31-20-12-7-13-21-31/h5-25,35H,26-28H2,1-4H3/t35-,42-/m1/s1. The number of rotatable bonds is 5. The lowest BCUT2D eigenvalue weighted by molar-refractivity contribution is 0.318. The minimum absolute atomic E-state index is 0.0103. The van der Waals surface area contributed by atoms with E-state index in [1.807, 2.05) is 0 Å². The minimum atomic E-state index is -0.771. The van der Waals surface area contributed by atoms with Crippen molar-refractivity contribution < 1.29 is 4.74 Å². The number of hydrogen-bond acceptors (Lipinski definition) is 2. The molecule has 5 aromatic rings. The maximum atomic E-state index is 6.51. The van der Waals surface area contributed by atoms with Gasteiger partial charge in [-0.15, -0.1) is 0 Å². The van der Waals surface area contributed by atoms with Crippen molar-refractivity contribution in [2.24, 2.45) is 4.99 Å². The molecule has 2 nitrogen and oxygen atoms in total. The van der Waals surface area contributed by atoms with Crippen LogP contribution >= 0.6 is 7.92 Å². The molecular formula is C42H40NOP. The van der Waals surface area contributed by atoms with E-state index in [9.17, 15) is 0 Å². The van der Waals surface area contributed by atoms with Crippen molar-refractivity contribution in [3.05, 3.63) is 161 Å². The van der Waals surface area contributed by atoms with E-state index in [-0.39, 0.29) is 22.3 Å². The van der Waals surface area contributed by atoms with E-state index in [1.54, 1.807) is 5.56 Å². The summed E-state index contributed by atoms with van der Waals surface area (Å²) >= 11 is 0. The van der Waals surface area contributed by atoms with Gasteiger partial charge in [-0.25, -0.2) is 4.99 Å². The summed E-state index contributed by atoms with van der Waals surface area (Å²) in [5, 5.41) is 4.28. The van der Waals surface area contributed by atoms with Crippen molar-refractivity contribution in [1.29, 1.82) is 0 Å². The van der Waals surface area contributed by atoms with Crippen molar-refractivity contribution in [2.75, 3.05) is 6.61 Å². The molecule has 3 aliphatic rings. The zero-order valence-corrected chi connectivity index (χ0v) is 27.5. The molecule has 5 aromatic carbocycles. The van der Waals surface area contributed by atoms with Crippen LogP contribution in [0.4, 0.5) is 0 Å². The molecule has 1 spiro atoms. The van der Waals surface area contributed by atoms with Gasteiger partial charge in [-0.2, -0.15) is 0 Å². The molecule has 0 radical (unpaired) electrons. The lowest BCUT2D eigenvalue weighted by Gasteiger charge is -2.34. The quantitative estimate of drug-likeness (QED) is 0.184. The van der Waals surface area contributed by atoms with E-state index in [2.05, 4.69) is 155 Å². The second-order valence-electron chi connectivity index (χ2n) is 14.3. The highest BCUT2D eigenvalue weighted by molar-refractivity contribution is 7.79. The molecule has 8 rings (SSSR count). The molecule has 45 heavy (non-hydrogen) atoms. The van der Waals surface area contributed by atoms with Crippen LogP contribution in [-0.2, 0) is 21.0 Å². The van der Waals surface area contributed by atoms with E-state index in [4.69, 9.17) is 9.73 Å². The Labute approximate surface area is 269 Å². The Balaban J connectivity index is 1.38. The van der Waals surface area contributed by atoms with Gasteiger partial charge in [0.15, 0.2) is 0 Å². The topological polar surface area (TPSA) is 21.6 Å². The molecule has 2 atom stereocenters. The molecule has 0 bridgehead atoms. The van der Waals surface area contributed by atoms with Crippen LogP contribution in [-0.4, -0.2) is 12.5 Å². The van der Waals surface area contributed by atoms with Gasteiger partial charge in [-0.05, 0) is 81.4 Å². The molecule has 2 aliphatic carbocycles.